The van der Waals surface area contributed by atoms with Crippen molar-refractivity contribution in [3.8, 4) is 0 Å². The summed E-state index contributed by atoms with van der Waals surface area (Å²) in [6.07, 6.45) is 10.3. The highest BCUT2D eigenvalue weighted by Gasteiger charge is 2.08. The summed E-state index contributed by atoms with van der Waals surface area (Å²) in [5, 5.41) is 0. The number of aromatic nitrogens is 2. The van der Waals surface area contributed by atoms with Gasteiger partial charge < -0.3 is 4.42 Å². The highest BCUT2D eigenvalue weighted by atomic mass is 16.4. The molecular formula is C15H22N2O2. The van der Waals surface area contributed by atoms with Crippen LogP contribution in [0.5, 0.6) is 0 Å². The van der Waals surface area contributed by atoms with Crippen LogP contribution in [0.4, 0.5) is 0 Å². The van der Waals surface area contributed by atoms with Gasteiger partial charge in [-0.05, 0) is 18.6 Å². The van der Waals surface area contributed by atoms with Crippen molar-refractivity contribution in [2.75, 3.05) is 0 Å². The van der Waals surface area contributed by atoms with Gasteiger partial charge in [0.2, 0.25) is 0 Å². The predicted octanol–water partition coefficient (Wildman–Crippen LogP) is 3.74. The van der Waals surface area contributed by atoms with E-state index in [0.717, 1.165) is 12.8 Å². The van der Waals surface area contributed by atoms with E-state index in [9.17, 15) is 4.79 Å². The van der Waals surface area contributed by atoms with Gasteiger partial charge in [0, 0.05) is 12.7 Å². The molecule has 0 atom stereocenters. The molecule has 0 fully saturated rings. The Morgan fingerprint density at radius 3 is 2.68 bits per heavy atom. The Labute approximate surface area is 113 Å². The van der Waals surface area contributed by atoms with Crippen LogP contribution in [-0.4, -0.2) is 9.55 Å². The largest absolute Gasteiger partial charge is 0.421 e. The van der Waals surface area contributed by atoms with Crippen LogP contribution in [0.1, 0.15) is 51.9 Å². The molecule has 19 heavy (non-hydrogen) atoms. The lowest BCUT2D eigenvalue weighted by Crippen LogP contribution is -2.14. The first-order valence-electron chi connectivity index (χ1n) is 7.27. The number of rotatable bonds is 8. The van der Waals surface area contributed by atoms with Gasteiger partial charge in [0.15, 0.2) is 11.2 Å². The molecule has 4 heteroatoms. The van der Waals surface area contributed by atoms with Crippen molar-refractivity contribution in [2.45, 2.75) is 58.4 Å². The van der Waals surface area contributed by atoms with Crippen molar-refractivity contribution in [3.05, 3.63) is 28.9 Å². The van der Waals surface area contributed by atoms with Gasteiger partial charge >= 0.3 is 5.76 Å². The van der Waals surface area contributed by atoms with E-state index in [1.807, 2.05) is 0 Å². The van der Waals surface area contributed by atoms with E-state index in [1.54, 1.807) is 22.9 Å². The predicted molar refractivity (Wildman–Crippen MR) is 76.3 cm³/mol. The lowest BCUT2D eigenvalue weighted by atomic mass is 10.1. The minimum absolute atomic E-state index is 0.292. The zero-order valence-corrected chi connectivity index (χ0v) is 11.6. The Bertz CT molecular complexity index is 557. The maximum absolute atomic E-state index is 11.7. The van der Waals surface area contributed by atoms with E-state index < -0.39 is 0 Å². The Morgan fingerprint density at radius 2 is 1.89 bits per heavy atom. The smallest absolute Gasteiger partial charge is 0.406 e. The summed E-state index contributed by atoms with van der Waals surface area (Å²) in [4.78, 5) is 15.9. The summed E-state index contributed by atoms with van der Waals surface area (Å²) >= 11 is 0. The average molecular weight is 262 g/mol. The number of oxazole rings is 1. The fraction of sp³-hybridized carbons (Fsp3) is 0.600. The molecule has 2 aromatic rings. The Hall–Kier alpha value is -1.58. The third-order valence-corrected chi connectivity index (χ3v) is 3.41. The summed E-state index contributed by atoms with van der Waals surface area (Å²) in [6, 6.07) is 3.56. The van der Waals surface area contributed by atoms with E-state index in [4.69, 9.17) is 4.42 Å². The molecule has 2 heterocycles. The molecule has 2 aromatic heterocycles. The van der Waals surface area contributed by atoms with Gasteiger partial charge in [-0.3, -0.25) is 4.57 Å². The van der Waals surface area contributed by atoms with E-state index >= 15 is 0 Å². The van der Waals surface area contributed by atoms with Gasteiger partial charge in [-0.1, -0.05) is 45.4 Å². The van der Waals surface area contributed by atoms with Crippen LogP contribution in [0.25, 0.3) is 11.2 Å². The molecule has 0 spiro atoms. The van der Waals surface area contributed by atoms with Gasteiger partial charge in [0.25, 0.3) is 0 Å². The second kappa shape index (κ2) is 7.12. The van der Waals surface area contributed by atoms with Gasteiger partial charge in [0.05, 0.1) is 0 Å². The Morgan fingerprint density at radius 1 is 1.16 bits per heavy atom. The first-order valence-corrected chi connectivity index (χ1v) is 7.27. The molecule has 0 aliphatic carbocycles. The minimum Gasteiger partial charge on any atom is -0.406 e. The summed E-state index contributed by atoms with van der Waals surface area (Å²) in [7, 11) is 0. The van der Waals surface area contributed by atoms with Crippen LogP contribution in [0.3, 0.4) is 0 Å². The molecule has 0 radical (unpaired) electrons. The SMILES string of the molecule is CCCCCCCCCn1c(=O)oc2cccnc21. The van der Waals surface area contributed by atoms with Crippen LogP contribution in [0.2, 0.25) is 0 Å². The number of aryl methyl sites for hydroxylation is 1. The molecule has 4 nitrogen and oxygen atoms in total. The Balaban J connectivity index is 1.82. The Kier molecular flexibility index (Phi) is 5.19. The summed E-state index contributed by atoms with van der Waals surface area (Å²) < 4.78 is 6.79. The van der Waals surface area contributed by atoms with Crippen molar-refractivity contribution in [1.82, 2.24) is 9.55 Å². The maximum Gasteiger partial charge on any atom is 0.421 e. The van der Waals surface area contributed by atoms with Crippen LogP contribution in [0.15, 0.2) is 27.5 Å². The molecule has 2 rings (SSSR count). The molecule has 0 N–H and O–H groups in total. The molecule has 0 aliphatic heterocycles. The van der Waals surface area contributed by atoms with Crippen molar-refractivity contribution in [3.63, 3.8) is 0 Å². The molecule has 0 saturated carbocycles. The molecule has 0 unspecified atom stereocenters. The highest BCUT2D eigenvalue weighted by molar-refractivity contribution is 5.67. The number of unbranched alkanes of at least 4 members (excludes halogenated alkanes) is 6. The lowest BCUT2D eigenvalue weighted by Gasteiger charge is -2.02. The van der Waals surface area contributed by atoms with E-state index in [-0.39, 0.29) is 5.76 Å². The number of pyridine rings is 1. The zero-order valence-electron chi connectivity index (χ0n) is 11.6. The fourth-order valence-corrected chi connectivity index (χ4v) is 2.32. The number of hydrogen-bond acceptors (Lipinski definition) is 3. The fourth-order valence-electron chi connectivity index (χ4n) is 2.32. The first kappa shape index (κ1) is 13.8. The van der Waals surface area contributed by atoms with Crippen molar-refractivity contribution >= 4 is 11.2 Å². The number of nitrogens with zero attached hydrogens (tertiary/aromatic N) is 2. The van der Waals surface area contributed by atoms with Gasteiger partial charge in [-0.2, -0.15) is 0 Å². The molecule has 0 aromatic carbocycles. The van der Waals surface area contributed by atoms with Crippen LogP contribution in [-0.2, 0) is 6.54 Å². The van der Waals surface area contributed by atoms with Crippen LogP contribution in [0, 0.1) is 0 Å². The molecule has 0 bridgehead atoms. The van der Waals surface area contributed by atoms with E-state index in [0.29, 0.717) is 17.8 Å². The molecule has 0 amide bonds. The van der Waals surface area contributed by atoms with Crippen LogP contribution >= 0.6 is 0 Å². The zero-order chi connectivity index (χ0) is 13.5. The van der Waals surface area contributed by atoms with E-state index in [1.165, 1.54) is 32.1 Å². The number of fused-ring (bicyclic) bond motifs is 1. The second-order valence-electron chi connectivity index (χ2n) is 4.97. The molecule has 104 valence electrons. The van der Waals surface area contributed by atoms with Crippen LogP contribution < -0.4 is 5.76 Å². The van der Waals surface area contributed by atoms with Gasteiger partial charge in [-0.15, -0.1) is 0 Å². The topological polar surface area (TPSA) is 48.0 Å². The first-order chi connectivity index (χ1) is 9.33. The van der Waals surface area contributed by atoms with Crippen molar-refractivity contribution in [1.29, 1.82) is 0 Å². The monoisotopic (exact) mass is 262 g/mol. The standard InChI is InChI=1S/C15H22N2O2/c1-2-3-4-5-6-7-8-12-17-14-13(19-15(17)18)10-9-11-16-14/h9-11H,2-8,12H2,1H3. The maximum atomic E-state index is 11.7. The minimum atomic E-state index is -0.292. The van der Waals surface area contributed by atoms with Crippen molar-refractivity contribution in [2.24, 2.45) is 0 Å². The highest BCUT2D eigenvalue weighted by Crippen LogP contribution is 2.11. The van der Waals surface area contributed by atoms with Gasteiger partial charge in [-0.25, -0.2) is 9.78 Å². The lowest BCUT2D eigenvalue weighted by molar-refractivity contribution is 0.484. The quantitative estimate of drug-likeness (QED) is 0.681. The normalized spacial score (nSPS) is 11.2. The summed E-state index contributed by atoms with van der Waals surface area (Å²) in [5.41, 5.74) is 1.24. The molecular weight excluding hydrogens is 240 g/mol. The van der Waals surface area contributed by atoms with Crippen molar-refractivity contribution < 1.29 is 4.42 Å². The van der Waals surface area contributed by atoms with Gasteiger partial charge in [0.1, 0.15) is 0 Å². The molecule has 0 saturated heterocycles. The summed E-state index contributed by atoms with van der Waals surface area (Å²) in [6.45, 7) is 2.93. The van der Waals surface area contributed by atoms with E-state index in [2.05, 4.69) is 11.9 Å². The number of hydrogen-bond donors (Lipinski definition) is 0. The average Bonchev–Trinajstić information content (AvgIpc) is 2.74. The summed E-state index contributed by atoms with van der Waals surface area (Å²) in [5.74, 6) is -0.292. The third-order valence-electron chi connectivity index (χ3n) is 3.41. The molecule has 0 aliphatic rings. The second-order valence-corrected chi connectivity index (χ2v) is 4.97. The third kappa shape index (κ3) is 3.69.